The van der Waals surface area contributed by atoms with Gasteiger partial charge in [-0.1, -0.05) is 17.7 Å². The third-order valence-electron chi connectivity index (χ3n) is 4.82. The van der Waals surface area contributed by atoms with Gasteiger partial charge >= 0.3 is 0 Å². The van der Waals surface area contributed by atoms with E-state index in [0.717, 1.165) is 16.9 Å². The van der Waals surface area contributed by atoms with Crippen LogP contribution in [0.1, 0.15) is 20.8 Å². The molecule has 2 aliphatic rings. The normalized spacial score (nSPS) is 20.8. The zero-order valence-electron chi connectivity index (χ0n) is 15.2. The van der Waals surface area contributed by atoms with Crippen LogP contribution in [-0.2, 0) is 20.7 Å². The molecule has 156 valence electrons. The molecule has 1 N–H and O–H groups in total. The van der Waals surface area contributed by atoms with Gasteiger partial charge in [-0.3, -0.25) is 8.98 Å². The Morgan fingerprint density at radius 1 is 1.34 bits per heavy atom. The first kappa shape index (κ1) is 20.7. The van der Waals surface area contributed by atoms with Crippen LogP contribution >= 0.6 is 27.3 Å². The van der Waals surface area contributed by atoms with Crippen LogP contribution in [-0.4, -0.2) is 46.0 Å². The van der Waals surface area contributed by atoms with Crippen molar-refractivity contribution in [1.29, 1.82) is 0 Å². The first-order chi connectivity index (χ1) is 13.6. The highest BCUT2D eigenvalue weighted by Gasteiger charge is 2.44. The van der Waals surface area contributed by atoms with Crippen molar-refractivity contribution < 1.29 is 26.2 Å². The van der Waals surface area contributed by atoms with Gasteiger partial charge in [-0.25, -0.2) is 8.78 Å². The molecule has 4 rings (SSSR count). The van der Waals surface area contributed by atoms with Crippen molar-refractivity contribution in [3.8, 4) is 0 Å². The number of alkyl halides is 2. The van der Waals surface area contributed by atoms with E-state index in [0.29, 0.717) is 19.9 Å². The van der Waals surface area contributed by atoms with Gasteiger partial charge in [-0.15, -0.1) is 11.3 Å². The number of hydrogen-bond acceptors (Lipinski definition) is 6. The molecule has 0 radical (unpaired) electrons. The van der Waals surface area contributed by atoms with Crippen molar-refractivity contribution in [3.05, 3.63) is 44.1 Å². The molecule has 1 aromatic heterocycles. The average Bonchev–Trinajstić information content (AvgIpc) is 2.89. The van der Waals surface area contributed by atoms with Crippen LogP contribution in [0.5, 0.6) is 0 Å². The lowest BCUT2D eigenvalue weighted by Gasteiger charge is -2.35. The number of hydrogen-bond donors (Lipinski definition) is 1. The predicted octanol–water partition coefficient (Wildman–Crippen LogP) is 3.33. The van der Waals surface area contributed by atoms with E-state index >= 15 is 0 Å². The zero-order valence-corrected chi connectivity index (χ0v) is 18.5. The van der Waals surface area contributed by atoms with Crippen LogP contribution in [0.4, 0.5) is 14.5 Å². The summed E-state index contributed by atoms with van der Waals surface area (Å²) in [6, 6.07) is 5.40. The third kappa shape index (κ3) is 4.05. The summed E-state index contributed by atoms with van der Waals surface area (Å²) in [5, 5.41) is 2.70. The second-order valence-electron chi connectivity index (χ2n) is 7.17. The van der Waals surface area contributed by atoms with Gasteiger partial charge in [-0.05, 0) is 35.0 Å². The lowest BCUT2D eigenvalue weighted by Crippen LogP contribution is -2.49. The fourth-order valence-corrected chi connectivity index (χ4v) is 6.24. The van der Waals surface area contributed by atoms with Crippen LogP contribution in [0.3, 0.4) is 0 Å². The molecule has 1 amide bonds. The first-order valence-corrected chi connectivity index (χ1v) is 11.8. The Hall–Kier alpha value is -1.56. The number of halogens is 3. The average molecular weight is 507 g/mol. The maximum absolute atomic E-state index is 14.2. The van der Waals surface area contributed by atoms with E-state index in [1.807, 2.05) is 6.92 Å². The highest BCUT2D eigenvalue weighted by Crippen LogP contribution is 2.46. The predicted molar refractivity (Wildman–Crippen MR) is 108 cm³/mol. The summed E-state index contributed by atoms with van der Waals surface area (Å²) >= 11 is 4.38. The number of carbonyl (C=O) groups excluding carboxylic acids is 1. The van der Waals surface area contributed by atoms with Crippen LogP contribution in [0.2, 0.25) is 0 Å². The number of amides is 1. The Bertz CT molecular complexity index is 1070. The number of nitrogens with zero attached hydrogens (tertiary/aromatic N) is 1. The van der Waals surface area contributed by atoms with Gasteiger partial charge in [0.15, 0.2) is 0 Å². The molecular formula is C18H17BrF2N2O4S2. The molecule has 1 aromatic carbocycles. The number of anilines is 1. The van der Waals surface area contributed by atoms with E-state index in [1.165, 1.54) is 17.0 Å². The van der Waals surface area contributed by atoms with Gasteiger partial charge in [0.05, 0.1) is 33.6 Å². The molecule has 0 aliphatic carbocycles. The maximum atomic E-state index is 14.2. The summed E-state index contributed by atoms with van der Waals surface area (Å²) in [6.07, 6.45) is -0.438. The Labute approximate surface area is 179 Å². The van der Waals surface area contributed by atoms with Crippen molar-refractivity contribution >= 4 is 49.0 Å². The minimum atomic E-state index is -4.03. The fraction of sp³-hybridized carbons (Fsp3) is 0.389. The summed E-state index contributed by atoms with van der Waals surface area (Å²) in [5.41, 5.74) is 1.80. The topological polar surface area (TPSA) is 75.7 Å². The molecule has 2 aliphatic heterocycles. The summed E-state index contributed by atoms with van der Waals surface area (Å²) < 4.78 is 58.9. The molecule has 3 heterocycles. The fourth-order valence-electron chi connectivity index (χ4n) is 3.50. The van der Waals surface area contributed by atoms with Crippen molar-refractivity contribution in [3.63, 3.8) is 0 Å². The highest BCUT2D eigenvalue weighted by molar-refractivity contribution is 9.11. The number of benzene rings is 1. The van der Waals surface area contributed by atoms with E-state index in [4.69, 9.17) is 4.18 Å². The number of nitrogens with one attached hydrogen (secondary N) is 1. The second-order valence-corrected chi connectivity index (χ2v) is 11.1. The van der Waals surface area contributed by atoms with Gasteiger partial charge in [0.2, 0.25) is 0 Å². The Morgan fingerprint density at radius 3 is 2.72 bits per heavy atom. The number of rotatable bonds is 4. The van der Waals surface area contributed by atoms with Crippen LogP contribution in [0.25, 0.3) is 0 Å². The van der Waals surface area contributed by atoms with Crippen LogP contribution in [0, 0.1) is 6.92 Å². The Kier molecular flexibility index (Phi) is 5.21. The lowest BCUT2D eigenvalue weighted by atomic mass is 10.0. The number of aryl methyl sites for hydroxylation is 1. The molecule has 11 heteroatoms. The van der Waals surface area contributed by atoms with Crippen molar-refractivity contribution in [2.24, 2.45) is 0 Å². The summed E-state index contributed by atoms with van der Waals surface area (Å²) in [6.45, 7) is 0.966. The largest absolute Gasteiger partial charge is 0.362 e. The summed E-state index contributed by atoms with van der Waals surface area (Å²) in [7, 11) is -4.03. The maximum Gasteiger partial charge on any atom is 0.297 e. The third-order valence-corrected chi connectivity index (χ3v) is 8.09. The monoisotopic (exact) mass is 506 g/mol. The van der Waals surface area contributed by atoms with E-state index in [1.54, 1.807) is 12.1 Å². The minimum Gasteiger partial charge on any atom is -0.362 e. The highest BCUT2D eigenvalue weighted by atomic mass is 79.9. The van der Waals surface area contributed by atoms with E-state index in [9.17, 15) is 22.0 Å². The Morgan fingerprint density at radius 2 is 2.03 bits per heavy atom. The van der Waals surface area contributed by atoms with Gasteiger partial charge in [0.25, 0.3) is 21.9 Å². The lowest BCUT2D eigenvalue weighted by molar-refractivity contribution is 0.00496. The molecule has 1 atom stereocenters. The number of thiophene rings is 1. The zero-order chi connectivity index (χ0) is 21.0. The van der Waals surface area contributed by atoms with Crippen molar-refractivity contribution in [1.82, 2.24) is 5.32 Å². The minimum absolute atomic E-state index is 0.00196. The molecule has 0 spiro atoms. The quantitative estimate of drug-likeness (QED) is 0.643. The summed E-state index contributed by atoms with van der Waals surface area (Å²) in [4.78, 5) is 14.4. The number of carbonyl (C=O) groups is 1. The molecule has 0 saturated heterocycles. The van der Waals surface area contributed by atoms with E-state index < -0.39 is 41.0 Å². The van der Waals surface area contributed by atoms with E-state index in [2.05, 4.69) is 21.2 Å². The SMILES string of the molecule is Cc1ccc(S(=O)(=O)OC[C@@H]2CN3CC(F)(F)Cc4c(Br)sc(c43)C(=O)N2)cc1. The summed E-state index contributed by atoms with van der Waals surface area (Å²) in [5.74, 6) is -3.37. The van der Waals surface area contributed by atoms with Crippen molar-refractivity contribution in [2.45, 2.75) is 30.2 Å². The van der Waals surface area contributed by atoms with E-state index in [-0.39, 0.29) is 18.0 Å². The molecule has 0 fully saturated rings. The first-order valence-electron chi connectivity index (χ1n) is 8.77. The van der Waals surface area contributed by atoms with Crippen LogP contribution < -0.4 is 10.2 Å². The van der Waals surface area contributed by atoms with Gasteiger partial charge < -0.3 is 10.2 Å². The molecule has 0 bridgehead atoms. The molecule has 2 aromatic rings. The standard InChI is InChI=1S/C18H17BrF2N2O4S2/c1-10-2-4-12(5-3-10)29(25,26)27-8-11-7-23-9-18(20,21)6-13-14(23)15(17(24)22-11)28-16(13)19/h2-5,11H,6-9H2,1H3,(H,22,24)/t11-/m0/s1. The molecule has 0 saturated carbocycles. The molecule has 0 unspecified atom stereocenters. The molecule has 29 heavy (non-hydrogen) atoms. The van der Waals surface area contributed by atoms with Crippen molar-refractivity contribution in [2.75, 3.05) is 24.6 Å². The second kappa shape index (κ2) is 7.29. The van der Waals surface area contributed by atoms with Crippen LogP contribution in [0.15, 0.2) is 32.9 Å². The van der Waals surface area contributed by atoms with Gasteiger partial charge in [0, 0.05) is 18.5 Å². The molecule has 6 nitrogen and oxygen atoms in total. The molecular weight excluding hydrogens is 490 g/mol. The Balaban J connectivity index is 1.55. The van der Waals surface area contributed by atoms with Gasteiger partial charge in [-0.2, -0.15) is 8.42 Å². The van der Waals surface area contributed by atoms with Gasteiger partial charge in [0.1, 0.15) is 4.88 Å². The smallest absolute Gasteiger partial charge is 0.297 e.